The highest BCUT2D eigenvalue weighted by Crippen LogP contribution is 2.27. The Balaban J connectivity index is 1.80. The number of hydrogen-bond donors (Lipinski definition) is 2. The maximum atomic E-state index is 11.4. The summed E-state index contributed by atoms with van der Waals surface area (Å²) < 4.78 is 0. The van der Waals surface area contributed by atoms with Gasteiger partial charge in [0.05, 0.1) is 5.92 Å². The van der Waals surface area contributed by atoms with Crippen LogP contribution in [0.3, 0.4) is 0 Å². The third-order valence-corrected chi connectivity index (χ3v) is 4.42. The van der Waals surface area contributed by atoms with E-state index in [0.29, 0.717) is 6.54 Å². The number of hydrogen-bond acceptors (Lipinski definition) is 2. The average molecular weight is 275 g/mol. The lowest BCUT2D eigenvalue weighted by atomic mass is 9.83. The van der Waals surface area contributed by atoms with E-state index < -0.39 is 11.9 Å². The molecule has 0 bridgehead atoms. The quantitative estimate of drug-likeness (QED) is 0.837. The Hall–Kier alpha value is -1.35. The van der Waals surface area contributed by atoms with Crippen LogP contribution < -0.4 is 5.32 Å². The molecule has 1 aromatic rings. The highest BCUT2D eigenvalue weighted by Gasteiger charge is 2.21. The molecule has 20 heavy (non-hydrogen) atoms. The first kappa shape index (κ1) is 15.0. The molecule has 0 aliphatic heterocycles. The van der Waals surface area contributed by atoms with Gasteiger partial charge < -0.3 is 10.4 Å². The number of aliphatic carboxylic acids is 1. The van der Waals surface area contributed by atoms with Crippen molar-refractivity contribution in [1.82, 2.24) is 5.32 Å². The van der Waals surface area contributed by atoms with Crippen molar-refractivity contribution in [2.75, 3.05) is 13.1 Å². The van der Waals surface area contributed by atoms with E-state index in [9.17, 15) is 9.90 Å². The summed E-state index contributed by atoms with van der Waals surface area (Å²) in [6.07, 6.45) is 5.18. The standard InChI is InChI=1S/C17H25NO2/c1-13-7-9-14(10-8-13)11-18-12-16(17(19)20)15-5-3-2-4-6-15/h2-6,13-14,16,18H,7-12H2,1H3,(H,19,20). The molecule has 0 spiro atoms. The van der Waals surface area contributed by atoms with Gasteiger partial charge in [-0.25, -0.2) is 0 Å². The number of carboxylic acid groups (broad SMARTS) is 1. The molecule has 0 radical (unpaired) electrons. The zero-order chi connectivity index (χ0) is 14.4. The van der Waals surface area contributed by atoms with Crippen LogP contribution >= 0.6 is 0 Å². The third-order valence-electron chi connectivity index (χ3n) is 4.42. The summed E-state index contributed by atoms with van der Waals surface area (Å²) in [6.45, 7) is 3.79. The molecule has 1 saturated carbocycles. The van der Waals surface area contributed by atoms with Crippen molar-refractivity contribution in [3.63, 3.8) is 0 Å². The van der Waals surface area contributed by atoms with Crippen LogP contribution in [0, 0.1) is 11.8 Å². The summed E-state index contributed by atoms with van der Waals surface area (Å²) in [7, 11) is 0. The van der Waals surface area contributed by atoms with E-state index in [2.05, 4.69) is 12.2 Å². The second kappa shape index (κ2) is 7.44. The molecular formula is C17H25NO2. The van der Waals surface area contributed by atoms with Gasteiger partial charge in [-0.05, 0) is 36.8 Å². The number of carbonyl (C=O) groups is 1. The van der Waals surface area contributed by atoms with Crippen molar-refractivity contribution in [3.05, 3.63) is 35.9 Å². The minimum absolute atomic E-state index is 0.446. The Labute approximate surface area is 121 Å². The summed E-state index contributed by atoms with van der Waals surface area (Å²) in [5.41, 5.74) is 0.879. The lowest BCUT2D eigenvalue weighted by Gasteiger charge is -2.26. The van der Waals surface area contributed by atoms with Crippen molar-refractivity contribution >= 4 is 5.97 Å². The summed E-state index contributed by atoms with van der Waals surface area (Å²) in [5.74, 6) is 0.387. The van der Waals surface area contributed by atoms with E-state index in [-0.39, 0.29) is 0 Å². The van der Waals surface area contributed by atoms with Crippen LogP contribution in [0.4, 0.5) is 0 Å². The highest BCUT2D eigenvalue weighted by molar-refractivity contribution is 5.76. The van der Waals surface area contributed by atoms with Gasteiger partial charge in [0.1, 0.15) is 0 Å². The van der Waals surface area contributed by atoms with E-state index in [1.165, 1.54) is 25.7 Å². The maximum Gasteiger partial charge on any atom is 0.312 e. The largest absolute Gasteiger partial charge is 0.481 e. The van der Waals surface area contributed by atoms with E-state index in [1.807, 2.05) is 30.3 Å². The molecule has 2 N–H and O–H groups in total. The fourth-order valence-corrected chi connectivity index (χ4v) is 3.00. The van der Waals surface area contributed by atoms with Crippen LogP contribution in [0.5, 0.6) is 0 Å². The third kappa shape index (κ3) is 4.34. The van der Waals surface area contributed by atoms with Crippen LogP contribution in [0.2, 0.25) is 0 Å². The summed E-state index contributed by atoms with van der Waals surface area (Å²) >= 11 is 0. The molecule has 3 heteroatoms. The molecule has 0 amide bonds. The van der Waals surface area contributed by atoms with Gasteiger partial charge in [0.2, 0.25) is 0 Å². The molecule has 1 aromatic carbocycles. The average Bonchev–Trinajstić information content (AvgIpc) is 2.46. The smallest absolute Gasteiger partial charge is 0.312 e. The van der Waals surface area contributed by atoms with Gasteiger partial charge in [-0.1, -0.05) is 50.1 Å². The second-order valence-corrected chi connectivity index (χ2v) is 6.09. The zero-order valence-corrected chi connectivity index (χ0v) is 12.2. The predicted molar refractivity (Wildman–Crippen MR) is 80.8 cm³/mol. The molecule has 1 aliphatic rings. The summed E-state index contributed by atoms with van der Waals surface area (Å²) in [6, 6.07) is 9.49. The van der Waals surface area contributed by atoms with E-state index in [1.54, 1.807) is 0 Å². The van der Waals surface area contributed by atoms with Gasteiger partial charge in [0.15, 0.2) is 0 Å². The van der Waals surface area contributed by atoms with Crippen molar-refractivity contribution in [2.45, 2.75) is 38.5 Å². The van der Waals surface area contributed by atoms with Gasteiger partial charge in [-0.3, -0.25) is 4.79 Å². The van der Waals surface area contributed by atoms with Crippen LogP contribution in [0.25, 0.3) is 0 Å². The molecule has 0 saturated heterocycles. The Morgan fingerprint density at radius 2 is 1.90 bits per heavy atom. The minimum Gasteiger partial charge on any atom is -0.481 e. The Morgan fingerprint density at radius 3 is 2.50 bits per heavy atom. The highest BCUT2D eigenvalue weighted by atomic mass is 16.4. The van der Waals surface area contributed by atoms with Crippen LogP contribution in [-0.4, -0.2) is 24.2 Å². The minimum atomic E-state index is -0.749. The van der Waals surface area contributed by atoms with Crippen molar-refractivity contribution in [2.24, 2.45) is 11.8 Å². The van der Waals surface area contributed by atoms with E-state index >= 15 is 0 Å². The molecule has 1 unspecified atom stereocenters. The predicted octanol–water partition coefficient (Wildman–Crippen LogP) is 3.27. The molecule has 110 valence electrons. The van der Waals surface area contributed by atoms with E-state index in [0.717, 1.165) is 23.9 Å². The fourth-order valence-electron chi connectivity index (χ4n) is 3.00. The van der Waals surface area contributed by atoms with Gasteiger partial charge >= 0.3 is 5.97 Å². The number of carboxylic acids is 1. The molecule has 1 aliphatic carbocycles. The lowest BCUT2D eigenvalue weighted by molar-refractivity contribution is -0.138. The summed E-state index contributed by atoms with van der Waals surface area (Å²) in [5, 5.41) is 12.7. The maximum absolute atomic E-state index is 11.4. The van der Waals surface area contributed by atoms with E-state index in [4.69, 9.17) is 0 Å². The second-order valence-electron chi connectivity index (χ2n) is 6.09. The SMILES string of the molecule is CC1CCC(CNCC(C(=O)O)c2ccccc2)CC1. The van der Waals surface area contributed by atoms with Gasteiger partial charge in [0.25, 0.3) is 0 Å². The molecule has 0 heterocycles. The first-order chi connectivity index (χ1) is 9.66. The molecule has 3 nitrogen and oxygen atoms in total. The van der Waals surface area contributed by atoms with Crippen molar-refractivity contribution in [1.29, 1.82) is 0 Å². The van der Waals surface area contributed by atoms with Crippen LogP contribution in [0.1, 0.15) is 44.1 Å². The Morgan fingerprint density at radius 1 is 1.25 bits per heavy atom. The normalized spacial score (nSPS) is 24.2. The molecule has 0 aromatic heterocycles. The topological polar surface area (TPSA) is 49.3 Å². The van der Waals surface area contributed by atoms with Crippen molar-refractivity contribution < 1.29 is 9.90 Å². The molecule has 1 fully saturated rings. The van der Waals surface area contributed by atoms with Gasteiger partial charge in [0, 0.05) is 6.54 Å². The molecule has 1 atom stereocenters. The number of rotatable bonds is 6. The zero-order valence-electron chi connectivity index (χ0n) is 12.2. The van der Waals surface area contributed by atoms with Crippen molar-refractivity contribution in [3.8, 4) is 0 Å². The number of nitrogens with one attached hydrogen (secondary N) is 1. The van der Waals surface area contributed by atoms with Crippen LogP contribution in [-0.2, 0) is 4.79 Å². The first-order valence-electron chi connectivity index (χ1n) is 7.65. The fraction of sp³-hybridized carbons (Fsp3) is 0.588. The molecule has 2 rings (SSSR count). The Kier molecular flexibility index (Phi) is 5.60. The molecular weight excluding hydrogens is 250 g/mol. The summed E-state index contributed by atoms with van der Waals surface area (Å²) in [4.78, 5) is 11.4. The number of benzene rings is 1. The van der Waals surface area contributed by atoms with Crippen LogP contribution in [0.15, 0.2) is 30.3 Å². The Bertz CT molecular complexity index is 410. The first-order valence-corrected chi connectivity index (χ1v) is 7.65. The van der Waals surface area contributed by atoms with Gasteiger partial charge in [-0.15, -0.1) is 0 Å². The monoisotopic (exact) mass is 275 g/mol. The lowest BCUT2D eigenvalue weighted by Crippen LogP contribution is -2.32. The van der Waals surface area contributed by atoms with Gasteiger partial charge in [-0.2, -0.15) is 0 Å².